The molecule has 2 aliphatic rings. The molecule has 0 N–H and O–H groups in total. The molecule has 0 spiro atoms. The largest absolute Gasteiger partial charge is 0.444 e. The number of anilines is 3. The van der Waals surface area contributed by atoms with Crippen LogP contribution in [0.2, 0.25) is 0 Å². The minimum Gasteiger partial charge on any atom is -0.444 e. The Balaban J connectivity index is 1.80. The van der Waals surface area contributed by atoms with Crippen molar-refractivity contribution in [1.82, 2.24) is 0 Å². The Labute approximate surface area is 149 Å². The van der Waals surface area contributed by atoms with E-state index in [1.807, 2.05) is 37.3 Å². The lowest BCUT2D eigenvalue weighted by Crippen LogP contribution is -2.20. The molecule has 5 rings (SSSR count). The molecule has 0 amide bonds. The molecular formula is C21H19NO2S. The Hall–Kier alpha value is -2.33. The van der Waals surface area contributed by atoms with Crippen molar-refractivity contribution in [3.8, 4) is 0 Å². The number of fused-ring (bicyclic) bond motifs is 3. The van der Waals surface area contributed by atoms with Crippen molar-refractivity contribution in [2.24, 2.45) is 0 Å². The summed E-state index contributed by atoms with van der Waals surface area (Å²) in [5.74, 6) is 1.49. The SMILES string of the molecule is Cc1cc2c(o1)N(c1cccc3c1CCCC3)c1ccccc1S2=O. The number of hydrogen-bond acceptors (Lipinski definition) is 3. The molecule has 0 saturated carbocycles. The van der Waals surface area contributed by atoms with E-state index in [4.69, 9.17) is 4.42 Å². The van der Waals surface area contributed by atoms with Gasteiger partial charge in [0.25, 0.3) is 0 Å². The summed E-state index contributed by atoms with van der Waals surface area (Å²) in [7, 11) is -1.20. The minimum atomic E-state index is -1.20. The summed E-state index contributed by atoms with van der Waals surface area (Å²) in [5, 5.41) is 0. The van der Waals surface area contributed by atoms with Crippen LogP contribution in [0.5, 0.6) is 0 Å². The number of para-hydroxylation sites is 1. The molecule has 1 atom stereocenters. The summed E-state index contributed by atoms with van der Waals surface area (Å²) in [6, 6.07) is 16.4. The van der Waals surface area contributed by atoms with Gasteiger partial charge in [0.05, 0.1) is 27.1 Å². The summed E-state index contributed by atoms with van der Waals surface area (Å²) in [6.45, 7) is 1.92. The van der Waals surface area contributed by atoms with E-state index >= 15 is 0 Å². The first kappa shape index (κ1) is 15.0. The van der Waals surface area contributed by atoms with Gasteiger partial charge in [0.2, 0.25) is 5.88 Å². The molecule has 126 valence electrons. The van der Waals surface area contributed by atoms with Crippen LogP contribution in [0.25, 0.3) is 0 Å². The highest BCUT2D eigenvalue weighted by molar-refractivity contribution is 7.85. The maximum absolute atomic E-state index is 13.0. The second kappa shape index (κ2) is 5.60. The highest BCUT2D eigenvalue weighted by Gasteiger charge is 2.34. The molecule has 3 nitrogen and oxygen atoms in total. The van der Waals surface area contributed by atoms with E-state index in [0.717, 1.165) is 39.8 Å². The summed E-state index contributed by atoms with van der Waals surface area (Å²) in [5.41, 5.74) is 4.95. The van der Waals surface area contributed by atoms with Crippen LogP contribution >= 0.6 is 0 Å². The van der Waals surface area contributed by atoms with Gasteiger partial charge >= 0.3 is 0 Å². The molecule has 1 aliphatic heterocycles. The molecule has 1 aliphatic carbocycles. The van der Waals surface area contributed by atoms with Crippen molar-refractivity contribution >= 4 is 28.1 Å². The average molecular weight is 349 g/mol. The molecule has 0 saturated heterocycles. The first-order valence-corrected chi connectivity index (χ1v) is 9.91. The van der Waals surface area contributed by atoms with Crippen molar-refractivity contribution in [1.29, 1.82) is 0 Å². The highest BCUT2D eigenvalue weighted by Crippen LogP contribution is 2.49. The van der Waals surface area contributed by atoms with Gasteiger partial charge in [-0.15, -0.1) is 0 Å². The lowest BCUT2D eigenvalue weighted by atomic mass is 9.90. The molecule has 0 radical (unpaired) electrons. The number of benzene rings is 2. The molecule has 0 bridgehead atoms. The molecule has 1 aromatic heterocycles. The fourth-order valence-corrected chi connectivity index (χ4v) is 5.36. The van der Waals surface area contributed by atoms with Crippen molar-refractivity contribution in [2.45, 2.75) is 42.4 Å². The van der Waals surface area contributed by atoms with Crippen molar-refractivity contribution < 1.29 is 8.63 Å². The molecule has 2 heterocycles. The highest BCUT2D eigenvalue weighted by atomic mass is 32.2. The molecule has 2 aromatic carbocycles. The second-order valence-corrected chi connectivity index (χ2v) is 8.14. The molecule has 3 aromatic rings. The minimum absolute atomic E-state index is 0.702. The predicted molar refractivity (Wildman–Crippen MR) is 99.4 cm³/mol. The Morgan fingerprint density at radius 3 is 2.68 bits per heavy atom. The van der Waals surface area contributed by atoms with Crippen LogP contribution < -0.4 is 4.90 Å². The van der Waals surface area contributed by atoms with Crippen molar-refractivity contribution in [2.75, 3.05) is 4.90 Å². The van der Waals surface area contributed by atoms with Gasteiger partial charge in [0.1, 0.15) is 10.7 Å². The lowest BCUT2D eigenvalue weighted by Gasteiger charge is -2.32. The Bertz CT molecular complexity index is 1000. The van der Waals surface area contributed by atoms with Gasteiger partial charge in [-0.3, -0.25) is 4.90 Å². The third kappa shape index (κ3) is 2.20. The van der Waals surface area contributed by atoms with E-state index in [9.17, 15) is 4.21 Å². The Kier molecular flexibility index (Phi) is 3.35. The average Bonchev–Trinajstić information content (AvgIpc) is 3.04. The lowest BCUT2D eigenvalue weighted by molar-refractivity contribution is 0.535. The second-order valence-electron chi connectivity index (χ2n) is 6.72. The van der Waals surface area contributed by atoms with Crippen molar-refractivity contribution in [3.05, 3.63) is 65.4 Å². The van der Waals surface area contributed by atoms with Crippen molar-refractivity contribution in [3.63, 3.8) is 0 Å². The van der Waals surface area contributed by atoms with E-state index in [2.05, 4.69) is 23.1 Å². The third-order valence-electron chi connectivity index (χ3n) is 5.12. The van der Waals surface area contributed by atoms with Gasteiger partial charge in [0, 0.05) is 0 Å². The Morgan fingerprint density at radius 1 is 0.960 bits per heavy atom. The van der Waals surface area contributed by atoms with Gasteiger partial charge < -0.3 is 4.42 Å². The first-order chi connectivity index (χ1) is 12.2. The number of furan rings is 1. The quantitative estimate of drug-likeness (QED) is 0.460. The number of nitrogens with zero attached hydrogens (tertiary/aromatic N) is 1. The monoisotopic (exact) mass is 349 g/mol. The van der Waals surface area contributed by atoms with Crippen LogP contribution in [-0.4, -0.2) is 4.21 Å². The number of aryl methyl sites for hydroxylation is 2. The van der Waals surface area contributed by atoms with Crippen LogP contribution in [-0.2, 0) is 23.6 Å². The fourth-order valence-electron chi connectivity index (χ4n) is 4.00. The molecule has 4 heteroatoms. The van der Waals surface area contributed by atoms with E-state index in [1.54, 1.807) is 0 Å². The smallest absolute Gasteiger partial charge is 0.221 e. The van der Waals surface area contributed by atoms with Crippen LogP contribution in [0, 0.1) is 6.92 Å². The molecule has 1 unspecified atom stereocenters. The van der Waals surface area contributed by atoms with Crippen LogP contribution in [0.3, 0.4) is 0 Å². The number of rotatable bonds is 1. The van der Waals surface area contributed by atoms with Gasteiger partial charge in [-0.1, -0.05) is 24.3 Å². The molecular weight excluding hydrogens is 330 g/mol. The molecule has 25 heavy (non-hydrogen) atoms. The first-order valence-electron chi connectivity index (χ1n) is 8.76. The normalized spacial score (nSPS) is 18.4. The van der Waals surface area contributed by atoms with E-state index in [0.29, 0.717) is 5.88 Å². The predicted octanol–water partition coefficient (Wildman–Crippen LogP) is 5.42. The number of hydrogen-bond donors (Lipinski definition) is 0. The van der Waals surface area contributed by atoms with Gasteiger partial charge in [-0.05, 0) is 68.0 Å². The standard InChI is InChI=1S/C21H19NO2S/c1-14-13-20-21(24-14)22(18-10-4-5-12-19(18)25(20)23)17-11-6-8-15-7-2-3-9-16(15)17/h4-6,8,10-13H,2-3,7,9H2,1H3. The summed E-state index contributed by atoms with van der Waals surface area (Å²) < 4.78 is 19.0. The maximum atomic E-state index is 13.0. The fraction of sp³-hybridized carbons (Fsp3) is 0.238. The maximum Gasteiger partial charge on any atom is 0.221 e. The van der Waals surface area contributed by atoms with Crippen LogP contribution in [0.1, 0.15) is 29.7 Å². The van der Waals surface area contributed by atoms with E-state index < -0.39 is 10.8 Å². The topological polar surface area (TPSA) is 33.5 Å². The molecule has 0 fully saturated rings. The zero-order valence-corrected chi connectivity index (χ0v) is 14.9. The van der Waals surface area contributed by atoms with Gasteiger partial charge in [-0.25, -0.2) is 4.21 Å². The summed E-state index contributed by atoms with van der Waals surface area (Å²) >= 11 is 0. The summed E-state index contributed by atoms with van der Waals surface area (Å²) in [6.07, 6.45) is 4.69. The third-order valence-corrected chi connectivity index (χ3v) is 6.56. The zero-order chi connectivity index (χ0) is 17.0. The van der Waals surface area contributed by atoms with E-state index in [-0.39, 0.29) is 0 Å². The van der Waals surface area contributed by atoms with Crippen LogP contribution in [0.4, 0.5) is 17.3 Å². The summed E-state index contributed by atoms with van der Waals surface area (Å²) in [4.78, 5) is 3.79. The van der Waals surface area contributed by atoms with Gasteiger partial charge in [0.15, 0.2) is 0 Å². The van der Waals surface area contributed by atoms with E-state index in [1.165, 1.54) is 24.0 Å². The van der Waals surface area contributed by atoms with Gasteiger partial charge in [-0.2, -0.15) is 0 Å². The zero-order valence-electron chi connectivity index (χ0n) is 14.1. The van der Waals surface area contributed by atoms with Crippen LogP contribution in [0.15, 0.2) is 62.7 Å². The Morgan fingerprint density at radius 2 is 1.76 bits per heavy atom.